The summed E-state index contributed by atoms with van der Waals surface area (Å²) in [4.78, 5) is 11.0. The van der Waals surface area contributed by atoms with Gasteiger partial charge in [0.15, 0.2) is 0 Å². The minimum atomic E-state index is 0.576. The number of aromatic nitrogens is 4. The fourth-order valence-electron chi connectivity index (χ4n) is 2.34. The molecule has 0 N–H and O–H groups in total. The molecule has 0 bridgehead atoms. The lowest BCUT2D eigenvalue weighted by Gasteiger charge is -2.12. The minimum Gasteiger partial charge on any atom is -0.481 e. The molecule has 0 aliphatic rings. The standard InChI is InChI=1S/C17H19N5O/c1-21(2)16-8-5-12(9-18-16)15-7-6-14(17(20-15)23-4)13-10-19-22(3)11-13/h5-11H,1-4H3. The number of nitrogens with zero attached hydrogens (tertiary/aromatic N) is 5. The fraction of sp³-hybridized carbons (Fsp3) is 0.235. The predicted octanol–water partition coefficient (Wildman–Crippen LogP) is 2.62. The molecule has 3 rings (SSSR count). The Labute approximate surface area is 135 Å². The lowest BCUT2D eigenvalue weighted by atomic mass is 10.1. The highest BCUT2D eigenvalue weighted by atomic mass is 16.5. The van der Waals surface area contributed by atoms with Gasteiger partial charge in [-0.1, -0.05) is 0 Å². The summed E-state index contributed by atoms with van der Waals surface area (Å²) >= 11 is 0. The van der Waals surface area contributed by atoms with Crippen LogP contribution in [0.25, 0.3) is 22.4 Å². The van der Waals surface area contributed by atoms with Crippen LogP contribution >= 0.6 is 0 Å². The van der Waals surface area contributed by atoms with E-state index in [1.807, 2.05) is 62.7 Å². The van der Waals surface area contributed by atoms with E-state index in [0.29, 0.717) is 5.88 Å². The Morgan fingerprint density at radius 3 is 2.43 bits per heavy atom. The molecular weight excluding hydrogens is 290 g/mol. The van der Waals surface area contributed by atoms with E-state index in [9.17, 15) is 0 Å². The van der Waals surface area contributed by atoms with Gasteiger partial charge in [-0.05, 0) is 24.3 Å². The van der Waals surface area contributed by atoms with Gasteiger partial charge in [0.05, 0.1) is 19.0 Å². The van der Waals surface area contributed by atoms with E-state index >= 15 is 0 Å². The van der Waals surface area contributed by atoms with E-state index in [2.05, 4.69) is 15.1 Å². The van der Waals surface area contributed by atoms with Gasteiger partial charge in [-0.3, -0.25) is 4.68 Å². The zero-order valence-corrected chi connectivity index (χ0v) is 13.7. The zero-order chi connectivity index (χ0) is 16.4. The van der Waals surface area contributed by atoms with Crippen molar-refractivity contribution in [3.05, 3.63) is 42.9 Å². The Kier molecular flexibility index (Phi) is 3.97. The number of pyridine rings is 2. The summed E-state index contributed by atoms with van der Waals surface area (Å²) in [7, 11) is 7.44. The third-order valence-corrected chi connectivity index (χ3v) is 3.57. The third-order valence-electron chi connectivity index (χ3n) is 3.57. The van der Waals surface area contributed by atoms with Crippen LogP contribution < -0.4 is 9.64 Å². The van der Waals surface area contributed by atoms with Crippen LogP contribution in [0.1, 0.15) is 0 Å². The first-order chi connectivity index (χ1) is 11.1. The van der Waals surface area contributed by atoms with E-state index in [1.54, 1.807) is 18.0 Å². The van der Waals surface area contributed by atoms with Gasteiger partial charge in [-0.15, -0.1) is 0 Å². The van der Waals surface area contributed by atoms with Gasteiger partial charge in [0.2, 0.25) is 5.88 Å². The molecule has 0 spiro atoms. The lowest BCUT2D eigenvalue weighted by Crippen LogP contribution is -2.10. The molecule has 0 amide bonds. The van der Waals surface area contributed by atoms with Crippen LogP contribution in [0.2, 0.25) is 0 Å². The minimum absolute atomic E-state index is 0.576. The molecular formula is C17H19N5O. The average molecular weight is 309 g/mol. The second-order valence-corrected chi connectivity index (χ2v) is 5.46. The molecule has 6 heteroatoms. The Balaban J connectivity index is 1.98. The first kappa shape index (κ1) is 15.0. The maximum absolute atomic E-state index is 5.46. The van der Waals surface area contributed by atoms with Crippen LogP contribution in [0, 0.1) is 0 Å². The van der Waals surface area contributed by atoms with Crippen LogP contribution in [0.3, 0.4) is 0 Å². The molecule has 0 unspecified atom stereocenters. The summed E-state index contributed by atoms with van der Waals surface area (Å²) in [5.74, 6) is 1.49. The molecule has 0 radical (unpaired) electrons. The van der Waals surface area contributed by atoms with Gasteiger partial charge in [0, 0.05) is 50.2 Å². The second kappa shape index (κ2) is 6.08. The largest absolute Gasteiger partial charge is 0.481 e. The Morgan fingerprint density at radius 2 is 1.87 bits per heavy atom. The number of rotatable bonds is 4. The number of ether oxygens (including phenoxy) is 1. The number of hydrogen-bond acceptors (Lipinski definition) is 5. The summed E-state index contributed by atoms with van der Waals surface area (Å²) < 4.78 is 7.21. The Bertz CT molecular complexity index is 808. The van der Waals surface area contributed by atoms with Crippen molar-refractivity contribution in [1.29, 1.82) is 0 Å². The molecule has 3 heterocycles. The van der Waals surface area contributed by atoms with Crippen LogP contribution in [0.5, 0.6) is 5.88 Å². The molecule has 0 aliphatic heterocycles. The predicted molar refractivity (Wildman–Crippen MR) is 90.5 cm³/mol. The number of hydrogen-bond donors (Lipinski definition) is 0. The molecule has 0 saturated heterocycles. The molecule has 3 aromatic rings. The monoisotopic (exact) mass is 309 g/mol. The van der Waals surface area contributed by atoms with E-state index in [-0.39, 0.29) is 0 Å². The van der Waals surface area contributed by atoms with Crippen molar-refractivity contribution in [2.45, 2.75) is 0 Å². The van der Waals surface area contributed by atoms with E-state index in [0.717, 1.165) is 28.2 Å². The average Bonchev–Trinajstić information content (AvgIpc) is 3.00. The Morgan fingerprint density at radius 1 is 1.04 bits per heavy atom. The van der Waals surface area contributed by atoms with Gasteiger partial charge >= 0.3 is 0 Å². The summed E-state index contributed by atoms with van der Waals surface area (Å²) in [5.41, 5.74) is 3.67. The van der Waals surface area contributed by atoms with Crippen LogP contribution in [0.4, 0.5) is 5.82 Å². The van der Waals surface area contributed by atoms with E-state index in [4.69, 9.17) is 4.74 Å². The summed E-state index contributed by atoms with van der Waals surface area (Å²) in [5, 5.41) is 4.19. The molecule has 6 nitrogen and oxygen atoms in total. The van der Waals surface area contributed by atoms with E-state index in [1.165, 1.54) is 0 Å². The van der Waals surface area contributed by atoms with Gasteiger partial charge in [0.1, 0.15) is 5.82 Å². The van der Waals surface area contributed by atoms with Gasteiger partial charge in [-0.2, -0.15) is 5.10 Å². The maximum atomic E-state index is 5.46. The highest BCUT2D eigenvalue weighted by molar-refractivity contribution is 5.71. The Hall–Kier alpha value is -2.89. The van der Waals surface area contributed by atoms with Crippen molar-refractivity contribution in [3.63, 3.8) is 0 Å². The number of methoxy groups -OCH3 is 1. The highest BCUT2D eigenvalue weighted by Crippen LogP contribution is 2.30. The summed E-state index contributed by atoms with van der Waals surface area (Å²) in [6.07, 6.45) is 5.56. The van der Waals surface area contributed by atoms with Crippen molar-refractivity contribution in [2.75, 3.05) is 26.1 Å². The van der Waals surface area contributed by atoms with Crippen LogP contribution in [-0.4, -0.2) is 41.0 Å². The normalized spacial score (nSPS) is 10.6. The molecule has 3 aromatic heterocycles. The third kappa shape index (κ3) is 3.01. The number of anilines is 1. The fourth-order valence-corrected chi connectivity index (χ4v) is 2.34. The molecule has 0 atom stereocenters. The van der Waals surface area contributed by atoms with Gasteiger partial charge in [-0.25, -0.2) is 9.97 Å². The van der Waals surface area contributed by atoms with Crippen molar-refractivity contribution < 1.29 is 4.74 Å². The molecule has 118 valence electrons. The van der Waals surface area contributed by atoms with Crippen LogP contribution in [-0.2, 0) is 7.05 Å². The first-order valence-corrected chi connectivity index (χ1v) is 7.26. The lowest BCUT2D eigenvalue weighted by molar-refractivity contribution is 0.400. The van der Waals surface area contributed by atoms with Crippen molar-refractivity contribution >= 4 is 5.82 Å². The summed E-state index contributed by atoms with van der Waals surface area (Å²) in [6, 6.07) is 7.95. The maximum Gasteiger partial charge on any atom is 0.221 e. The first-order valence-electron chi connectivity index (χ1n) is 7.26. The SMILES string of the molecule is COc1nc(-c2ccc(N(C)C)nc2)ccc1-c1cnn(C)c1. The highest BCUT2D eigenvalue weighted by Gasteiger charge is 2.11. The summed E-state index contributed by atoms with van der Waals surface area (Å²) in [6.45, 7) is 0. The molecule has 0 fully saturated rings. The van der Waals surface area contributed by atoms with Gasteiger partial charge < -0.3 is 9.64 Å². The molecule has 0 saturated carbocycles. The number of aryl methyl sites for hydroxylation is 1. The molecule has 0 aliphatic carbocycles. The smallest absolute Gasteiger partial charge is 0.221 e. The second-order valence-electron chi connectivity index (χ2n) is 5.46. The topological polar surface area (TPSA) is 56.1 Å². The zero-order valence-electron chi connectivity index (χ0n) is 13.7. The van der Waals surface area contributed by atoms with Gasteiger partial charge in [0.25, 0.3) is 0 Å². The van der Waals surface area contributed by atoms with Crippen LogP contribution in [0.15, 0.2) is 42.9 Å². The van der Waals surface area contributed by atoms with E-state index < -0.39 is 0 Å². The van der Waals surface area contributed by atoms with Crippen molar-refractivity contribution in [3.8, 4) is 28.3 Å². The van der Waals surface area contributed by atoms with Crippen molar-refractivity contribution in [1.82, 2.24) is 19.7 Å². The molecule has 23 heavy (non-hydrogen) atoms. The molecule has 0 aromatic carbocycles. The quantitative estimate of drug-likeness (QED) is 0.741. The van der Waals surface area contributed by atoms with Crippen molar-refractivity contribution in [2.24, 2.45) is 7.05 Å².